The van der Waals surface area contributed by atoms with Gasteiger partial charge >= 0.3 is 5.91 Å². The van der Waals surface area contributed by atoms with Crippen LogP contribution in [0.1, 0.15) is 16.2 Å². The summed E-state index contributed by atoms with van der Waals surface area (Å²) in [5.41, 5.74) is 2.74. The van der Waals surface area contributed by atoms with Gasteiger partial charge in [0.05, 0.1) is 18.4 Å². The molecular weight excluding hydrogens is 410 g/mol. The molecule has 4 aromatic rings. The van der Waals surface area contributed by atoms with Gasteiger partial charge in [-0.2, -0.15) is 5.10 Å². The highest BCUT2D eigenvalue weighted by Gasteiger charge is 2.16. The molecule has 0 unspecified atom stereocenters. The quantitative estimate of drug-likeness (QED) is 0.458. The molecule has 164 valence electrons. The van der Waals surface area contributed by atoms with Crippen molar-refractivity contribution in [3.8, 4) is 5.75 Å². The molecule has 2 heterocycles. The van der Waals surface area contributed by atoms with E-state index in [1.54, 1.807) is 30.3 Å². The summed E-state index contributed by atoms with van der Waals surface area (Å²) >= 11 is 0. The van der Waals surface area contributed by atoms with Gasteiger partial charge in [0.2, 0.25) is 5.91 Å². The van der Waals surface area contributed by atoms with Crippen molar-refractivity contribution in [2.75, 3.05) is 25.5 Å². The number of likely N-dealkylation sites (N-methyl/N-ethyl adjacent to an activating group) is 1. The van der Waals surface area contributed by atoms with Gasteiger partial charge in [-0.05, 0) is 31.2 Å². The Balaban J connectivity index is 1.26. The maximum atomic E-state index is 12.4. The summed E-state index contributed by atoms with van der Waals surface area (Å²) in [6.45, 7) is 2.88. The Morgan fingerprint density at radius 3 is 2.72 bits per heavy atom. The minimum absolute atomic E-state index is 0.0386. The van der Waals surface area contributed by atoms with Crippen LogP contribution in [0.15, 0.2) is 65.3 Å². The van der Waals surface area contributed by atoms with E-state index >= 15 is 0 Å². The zero-order chi connectivity index (χ0) is 22.5. The highest BCUT2D eigenvalue weighted by Crippen LogP contribution is 2.16. The zero-order valence-electron chi connectivity index (χ0n) is 17.8. The second-order valence-corrected chi connectivity index (χ2v) is 7.34. The lowest BCUT2D eigenvalue weighted by Gasteiger charge is -2.17. The minimum atomic E-state index is -0.488. The summed E-state index contributed by atoms with van der Waals surface area (Å²) in [5, 5.41) is 6.81. The third-order valence-corrected chi connectivity index (χ3v) is 4.82. The third kappa shape index (κ3) is 5.12. The number of carbonyl (C=O) groups excluding carboxylic acids is 2. The minimum Gasteiger partial charge on any atom is -0.492 e. The maximum Gasteiger partial charge on any atom is 0.311 e. The van der Waals surface area contributed by atoms with Crippen LogP contribution < -0.4 is 10.1 Å². The van der Waals surface area contributed by atoms with Crippen LogP contribution in [0.25, 0.3) is 11.1 Å². The summed E-state index contributed by atoms with van der Waals surface area (Å²) < 4.78 is 12.6. The van der Waals surface area contributed by atoms with E-state index in [-0.39, 0.29) is 18.3 Å². The van der Waals surface area contributed by atoms with E-state index in [2.05, 4.69) is 15.4 Å². The topological polar surface area (TPSA) is 102 Å². The predicted octanol–water partition coefficient (Wildman–Crippen LogP) is 3.12. The van der Waals surface area contributed by atoms with Crippen molar-refractivity contribution >= 4 is 28.6 Å². The van der Waals surface area contributed by atoms with Gasteiger partial charge in [0.1, 0.15) is 24.4 Å². The number of fused-ring (bicyclic) bond motifs is 1. The SMILES string of the molecule is Cc1ccc(OCCN(C)C(=O)Cn2cc(NC(=O)c3nc4ccccc4o3)cn2)cc1. The van der Waals surface area contributed by atoms with Crippen LogP contribution in [-0.4, -0.2) is 51.7 Å². The molecule has 0 saturated carbocycles. The molecule has 0 saturated heterocycles. The predicted molar refractivity (Wildman–Crippen MR) is 119 cm³/mol. The maximum absolute atomic E-state index is 12.4. The lowest BCUT2D eigenvalue weighted by molar-refractivity contribution is -0.131. The summed E-state index contributed by atoms with van der Waals surface area (Å²) in [6.07, 6.45) is 3.05. The third-order valence-electron chi connectivity index (χ3n) is 4.82. The van der Waals surface area contributed by atoms with Gasteiger partial charge in [0.15, 0.2) is 5.58 Å². The standard InChI is InChI=1S/C23H23N5O4/c1-16-7-9-18(10-8-16)31-12-11-27(2)21(29)15-28-14-17(13-24-28)25-22(30)23-26-19-5-3-4-6-20(19)32-23/h3-10,13-14H,11-12,15H2,1-2H3,(H,25,30). The van der Waals surface area contributed by atoms with Gasteiger partial charge in [-0.15, -0.1) is 0 Å². The molecular formula is C23H23N5O4. The van der Waals surface area contributed by atoms with Crippen molar-refractivity contribution in [2.24, 2.45) is 0 Å². The molecule has 0 aliphatic rings. The van der Waals surface area contributed by atoms with E-state index in [1.807, 2.05) is 43.3 Å². The van der Waals surface area contributed by atoms with Crippen LogP contribution in [0, 0.1) is 6.92 Å². The molecule has 4 rings (SSSR count). The molecule has 32 heavy (non-hydrogen) atoms. The average molecular weight is 433 g/mol. The number of nitrogens with one attached hydrogen (secondary N) is 1. The lowest BCUT2D eigenvalue weighted by atomic mass is 10.2. The van der Waals surface area contributed by atoms with E-state index in [9.17, 15) is 9.59 Å². The number of carbonyl (C=O) groups is 2. The number of amides is 2. The van der Waals surface area contributed by atoms with Crippen LogP contribution in [0.5, 0.6) is 5.75 Å². The highest BCUT2D eigenvalue weighted by atomic mass is 16.5. The number of oxazole rings is 1. The van der Waals surface area contributed by atoms with Crippen LogP contribution in [0.2, 0.25) is 0 Å². The molecule has 2 aromatic heterocycles. The number of anilines is 1. The molecule has 0 spiro atoms. The average Bonchev–Trinajstić information content (AvgIpc) is 3.41. The van der Waals surface area contributed by atoms with Gasteiger partial charge in [0, 0.05) is 13.2 Å². The van der Waals surface area contributed by atoms with Gasteiger partial charge in [-0.25, -0.2) is 4.98 Å². The molecule has 0 radical (unpaired) electrons. The first kappa shape index (κ1) is 21.1. The number of aromatic nitrogens is 3. The Kier molecular flexibility index (Phi) is 6.16. The second kappa shape index (κ2) is 9.34. The Bertz CT molecular complexity index is 1200. The van der Waals surface area contributed by atoms with E-state index in [0.29, 0.717) is 29.9 Å². The normalized spacial score (nSPS) is 10.8. The Morgan fingerprint density at radius 2 is 1.94 bits per heavy atom. The fourth-order valence-electron chi connectivity index (χ4n) is 2.99. The molecule has 9 nitrogen and oxygen atoms in total. The number of benzene rings is 2. The summed E-state index contributed by atoms with van der Waals surface area (Å²) in [4.78, 5) is 30.6. The number of hydrogen-bond acceptors (Lipinski definition) is 6. The Labute approximate surface area is 184 Å². The van der Waals surface area contributed by atoms with E-state index in [1.165, 1.54) is 10.9 Å². The molecule has 1 N–H and O–H groups in total. The fourth-order valence-corrected chi connectivity index (χ4v) is 2.99. The molecule has 0 atom stereocenters. The van der Waals surface area contributed by atoms with Crippen LogP contribution >= 0.6 is 0 Å². The van der Waals surface area contributed by atoms with Crippen LogP contribution in [0.4, 0.5) is 5.69 Å². The molecule has 0 bridgehead atoms. The lowest BCUT2D eigenvalue weighted by Crippen LogP contribution is -2.33. The van der Waals surface area contributed by atoms with Crippen LogP contribution in [-0.2, 0) is 11.3 Å². The van der Waals surface area contributed by atoms with Crippen molar-refractivity contribution in [1.82, 2.24) is 19.7 Å². The molecule has 9 heteroatoms. The largest absolute Gasteiger partial charge is 0.492 e. The Hall–Kier alpha value is -4.14. The Morgan fingerprint density at radius 1 is 1.16 bits per heavy atom. The van der Waals surface area contributed by atoms with Crippen LogP contribution in [0.3, 0.4) is 0 Å². The monoisotopic (exact) mass is 433 g/mol. The number of para-hydroxylation sites is 2. The van der Waals surface area contributed by atoms with Crippen molar-refractivity contribution in [1.29, 1.82) is 0 Å². The van der Waals surface area contributed by atoms with Crippen molar-refractivity contribution in [3.63, 3.8) is 0 Å². The van der Waals surface area contributed by atoms with Gasteiger partial charge < -0.3 is 19.4 Å². The number of nitrogens with zero attached hydrogens (tertiary/aromatic N) is 4. The molecule has 0 aliphatic heterocycles. The zero-order valence-corrected chi connectivity index (χ0v) is 17.8. The van der Waals surface area contributed by atoms with Crippen molar-refractivity contribution < 1.29 is 18.7 Å². The molecule has 2 aromatic carbocycles. The van der Waals surface area contributed by atoms with E-state index in [4.69, 9.17) is 9.15 Å². The smallest absolute Gasteiger partial charge is 0.311 e. The van der Waals surface area contributed by atoms with E-state index < -0.39 is 5.91 Å². The molecule has 2 amide bonds. The first-order chi connectivity index (χ1) is 15.5. The number of hydrogen-bond donors (Lipinski definition) is 1. The van der Waals surface area contributed by atoms with E-state index in [0.717, 1.165) is 11.3 Å². The van der Waals surface area contributed by atoms with Crippen molar-refractivity contribution in [3.05, 3.63) is 72.4 Å². The number of ether oxygens (including phenoxy) is 1. The first-order valence-electron chi connectivity index (χ1n) is 10.1. The fraction of sp³-hybridized carbons (Fsp3) is 0.217. The number of aryl methyl sites for hydroxylation is 1. The summed E-state index contributed by atoms with van der Waals surface area (Å²) in [6, 6.07) is 14.9. The van der Waals surface area contributed by atoms with Crippen molar-refractivity contribution in [2.45, 2.75) is 13.5 Å². The van der Waals surface area contributed by atoms with Gasteiger partial charge in [-0.3, -0.25) is 14.3 Å². The van der Waals surface area contributed by atoms with Gasteiger partial charge in [-0.1, -0.05) is 29.8 Å². The first-order valence-corrected chi connectivity index (χ1v) is 10.1. The molecule has 0 fully saturated rings. The number of rotatable bonds is 8. The summed E-state index contributed by atoms with van der Waals surface area (Å²) in [5.74, 6) is 0.112. The molecule has 0 aliphatic carbocycles. The highest BCUT2D eigenvalue weighted by molar-refractivity contribution is 6.02. The summed E-state index contributed by atoms with van der Waals surface area (Å²) in [7, 11) is 1.71. The second-order valence-electron chi connectivity index (χ2n) is 7.34. The van der Waals surface area contributed by atoms with Gasteiger partial charge in [0.25, 0.3) is 5.89 Å².